The first-order chi connectivity index (χ1) is 10.6. The van der Waals surface area contributed by atoms with Crippen LogP contribution < -0.4 is 5.32 Å². The summed E-state index contributed by atoms with van der Waals surface area (Å²) in [6, 6.07) is 19.1. The van der Waals surface area contributed by atoms with Crippen molar-refractivity contribution >= 4 is 10.1 Å². The fourth-order valence-corrected chi connectivity index (χ4v) is 4.46. The van der Waals surface area contributed by atoms with Crippen LogP contribution in [0.2, 0.25) is 0 Å². The van der Waals surface area contributed by atoms with Crippen molar-refractivity contribution in [2.75, 3.05) is 13.1 Å². The molecular weight excluding hydrogens is 298 g/mol. The number of hydrogen-bond donors (Lipinski definition) is 2. The van der Waals surface area contributed by atoms with Gasteiger partial charge in [0.15, 0.2) is 0 Å². The van der Waals surface area contributed by atoms with Crippen LogP contribution in [0, 0.1) is 5.92 Å². The summed E-state index contributed by atoms with van der Waals surface area (Å²) in [6.45, 7) is 1.22. The van der Waals surface area contributed by atoms with E-state index in [0.717, 1.165) is 11.1 Å². The van der Waals surface area contributed by atoms with Gasteiger partial charge >= 0.3 is 0 Å². The van der Waals surface area contributed by atoms with E-state index in [2.05, 4.69) is 5.32 Å². The minimum atomic E-state index is -4.16. The van der Waals surface area contributed by atoms with Crippen LogP contribution in [0.1, 0.15) is 17.0 Å². The Bertz CT molecular complexity index is 673. The number of nitrogens with one attached hydrogen (secondary N) is 1. The maximum absolute atomic E-state index is 12.1. The molecule has 1 unspecified atom stereocenters. The molecule has 1 atom stereocenters. The van der Waals surface area contributed by atoms with E-state index in [0.29, 0.717) is 13.1 Å². The second-order valence-electron chi connectivity index (χ2n) is 5.70. The average molecular weight is 317 g/mol. The van der Waals surface area contributed by atoms with Crippen LogP contribution in [0.15, 0.2) is 60.7 Å². The highest BCUT2D eigenvalue weighted by Gasteiger charge is 2.42. The van der Waals surface area contributed by atoms with E-state index in [9.17, 15) is 13.0 Å². The van der Waals surface area contributed by atoms with Crippen molar-refractivity contribution in [1.29, 1.82) is 0 Å². The van der Waals surface area contributed by atoms with Gasteiger partial charge in [0.05, 0.1) is 0 Å². The van der Waals surface area contributed by atoms with Gasteiger partial charge in [0.25, 0.3) is 10.1 Å². The maximum atomic E-state index is 12.1. The molecule has 0 aliphatic carbocycles. The summed E-state index contributed by atoms with van der Waals surface area (Å²) in [7, 11) is -4.16. The lowest BCUT2D eigenvalue weighted by molar-refractivity contribution is 0.302. The number of benzene rings is 2. The average Bonchev–Trinajstić information content (AvgIpc) is 2.46. The van der Waals surface area contributed by atoms with Crippen molar-refractivity contribution in [3.63, 3.8) is 0 Å². The Balaban J connectivity index is 2.11. The van der Waals surface area contributed by atoms with E-state index in [-0.39, 0.29) is 11.8 Å². The first-order valence-electron chi connectivity index (χ1n) is 7.34. The Morgan fingerprint density at radius 3 is 1.68 bits per heavy atom. The summed E-state index contributed by atoms with van der Waals surface area (Å²) in [5.74, 6) is -0.454. The quantitative estimate of drug-likeness (QED) is 0.831. The molecule has 116 valence electrons. The normalized spacial score (nSPS) is 17.2. The first-order valence-corrected chi connectivity index (χ1v) is 8.84. The lowest BCUT2D eigenvalue weighted by Crippen LogP contribution is -2.53. The lowest BCUT2D eigenvalue weighted by Gasteiger charge is -2.37. The molecule has 3 rings (SSSR count). The summed E-state index contributed by atoms with van der Waals surface area (Å²) in [6.07, 6.45) is 0. The Morgan fingerprint density at radius 2 is 1.36 bits per heavy atom. The van der Waals surface area contributed by atoms with E-state index in [1.165, 1.54) is 0 Å². The van der Waals surface area contributed by atoms with Crippen molar-refractivity contribution in [2.45, 2.75) is 11.2 Å². The van der Waals surface area contributed by atoms with Gasteiger partial charge in [0, 0.05) is 24.9 Å². The van der Waals surface area contributed by atoms with E-state index < -0.39 is 15.4 Å². The standard InChI is InChI=1S/C17H19NO3S/c19-22(20,21)17(15-11-18-12-15)16(13-7-3-1-4-8-13)14-9-5-2-6-10-14/h1-10,15-18H,11-12H2,(H,19,20,21). The van der Waals surface area contributed by atoms with Gasteiger partial charge < -0.3 is 5.32 Å². The molecule has 0 bridgehead atoms. The van der Waals surface area contributed by atoms with E-state index >= 15 is 0 Å². The second-order valence-corrected chi connectivity index (χ2v) is 7.27. The topological polar surface area (TPSA) is 66.4 Å². The Kier molecular flexibility index (Phi) is 4.29. The van der Waals surface area contributed by atoms with Crippen LogP contribution in [0.4, 0.5) is 0 Å². The zero-order valence-corrected chi connectivity index (χ0v) is 12.9. The van der Waals surface area contributed by atoms with E-state index in [1.54, 1.807) is 0 Å². The third-order valence-electron chi connectivity index (χ3n) is 4.27. The van der Waals surface area contributed by atoms with Gasteiger partial charge in [0.2, 0.25) is 0 Å². The van der Waals surface area contributed by atoms with Crippen LogP contribution in [0.3, 0.4) is 0 Å². The molecule has 1 heterocycles. The van der Waals surface area contributed by atoms with Crippen LogP contribution in [-0.4, -0.2) is 31.3 Å². The second kappa shape index (κ2) is 6.20. The van der Waals surface area contributed by atoms with Crippen LogP contribution in [0.25, 0.3) is 0 Å². The Labute approximate surface area is 130 Å². The third kappa shape index (κ3) is 3.06. The van der Waals surface area contributed by atoms with Gasteiger partial charge in [0.1, 0.15) is 5.25 Å². The molecule has 2 aromatic rings. The molecule has 4 nitrogen and oxygen atoms in total. The summed E-state index contributed by atoms with van der Waals surface area (Å²) in [5, 5.41) is 2.26. The van der Waals surface area contributed by atoms with E-state index in [4.69, 9.17) is 0 Å². The maximum Gasteiger partial charge on any atom is 0.269 e. The van der Waals surface area contributed by atoms with Gasteiger partial charge in [-0.15, -0.1) is 0 Å². The Hall–Kier alpha value is -1.69. The summed E-state index contributed by atoms with van der Waals surface area (Å²) in [5.41, 5.74) is 1.81. The molecule has 2 N–H and O–H groups in total. The molecule has 0 radical (unpaired) electrons. The van der Waals surface area contributed by atoms with Gasteiger partial charge in [-0.25, -0.2) is 0 Å². The summed E-state index contributed by atoms with van der Waals surface area (Å²) < 4.78 is 34.0. The molecule has 1 fully saturated rings. The first kappa shape index (κ1) is 15.2. The smallest absolute Gasteiger partial charge is 0.269 e. The highest BCUT2D eigenvalue weighted by atomic mass is 32.2. The van der Waals surface area contributed by atoms with Gasteiger partial charge in [-0.3, -0.25) is 4.55 Å². The van der Waals surface area contributed by atoms with Crippen LogP contribution >= 0.6 is 0 Å². The summed E-state index contributed by atoms with van der Waals surface area (Å²) >= 11 is 0. The lowest BCUT2D eigenvalue weighted by atomic mass is 9.81. The molecule has 1 aliphatic rings. The third-order valence-corrected chi connectivity index (χ3v) is 5.61. The fraction of sp³-hybridized carbons (Fsp3) is 0.294. The van der Waals surface area contributed by atoms with Crippen molar-refractivity contribution in [1.82, 2.24) is 5.32 Å². The SMILES string of the molecule is O=S(=O)(O)C(C1CNC1)C(c1ccccc1)c1ccccc1. The van der Waals surface area contributed by atoms with Gasteiger partial charge in [-0.2, -0.15) is 8.42 Å². The number of hydrogen-bond acceptors (Lipinski definition) is 3. The summed E-state index contributed by atoms with van der Waals surface area (Å²) in [4.78, 5) is 0. The minimum Gasteiger partial charge on any atom is -0.316 e. The zero-order valence-electron chi connectivity index (χ0n) is 12.1. The van der Waals surface area contributed by atoms with Crippen molar-refractivity contribution in [3.05, 3.63) is 71.8 Å². The zero-order chi connectivity index (χ0) is 15.6. The largest absolute Gasteiger partial charge is 0.316 e. The molecule has 22 heavy (non-hydrogen) atoms. The molecular formula is C17H19NO3S. The minimum absolute atomic E-state index is 0.0830. The van der Waals surface area contributed by atoms with Crippen LogP contribution in [0.5, 0.6) is 0 Å². The van der Waals surface area contributed by atoms with Gasteiger partial charge in [-0.1, -0.05) is 60.7 Å². The van der Waals surface area contributed by atoms with Crippen molar-refractivity contribution in [2.24, 2.45) is 5.92 Å². The predicted molar refractivity (Wildman–Crippen MR) is 86.4 cm³/mol. The highest BCUT2D eigenvalue weighted by molar-refractivity contribution is 7.86. The molecule has 1 aliphatic heterocycles. The molecule has 0 amide bonds. The molecule has 0 aromatic heterocycles. The number of rotatable bonds is 5. The molecule has 2 aromatic carbocycles. The predicted octanol–water partition coefficient (Wildman–Crippen LogP) is 2.29. The van der Waals surface area contributed by atoms with Crippen molar-refractivity contribution in [3.8, 4) is 0 Å². The van der Waals surface area contributed by atoms with Crippen molar-refractivity contribution < 1.29 is 13.0 Å². The van der Waals surface area contributed by atoms with Gasteiger partial charge in [-0.05, 0) is 11.1 Å². The molecule has 0 saturated carbocycles. The monoisotopic (exact) mass is 317 g/mol. The molecule has 1 saturated heterocycles. The van der Waals surface area contributed by atoms with Crippen LogP contribution in [-0.2, 0) is 10.1 Å². The van der Waals surface area contributed by atoms with E-state index in [1.807, 2.05) is 60.7 Å². The highest BCUT2D eigenvalue weighted by Crippen LogP contribution is 2.36. The molecule has 5 heteroatoms. The Morgan fingerprint density at radius 1 is 0.909 bits per heavy atom. The fourth-order valence-electron chi connectivity index (χ4n) is 3.12. The molecule has 0 spiro atoms.